The predicted molar refractivity (Wildman–Crippen MR) is 63.0 cm³/mol. The van der Waals surface area contributed by atoms with Crippen molar-refractivity contribution >= 4 is 17.4 Å². The van der Waals surface area contributed by atoms with Gasteiger partial charge in [0.15, 0.2) is 12.4 Å². The largest absolute Gasteiger partial charge is 0.394 e. The van der Waals surface area contributed by atoms with Crippen LogP contribution < -0.4 is 11.4 Å². The lowest BCUT2D eigenvalue weighted by atomic mass is 10.1. The normalized spacial score (nSPS) is 29.1. The van der Waals surface area contributed by atoms with Crippen LogP contribution in [0, 0.1) is 0 Å². The molecule has 3 unspecified atom stereocenters. The van der Waals surface area contributed by atoms with Crippen LogP contribution in [0.25, 0.3) is 0 Å². The van der Waals surface area contributed by atoms with Gasteiger partial charge in [0.05, 0.1) is 18.0 Å². The molecule has 1 fully saturated rings. The van der Waals surface area contributed by atoms with Crippen molar-refractivity contribution in [3.8, 4) is 0 Å². The summed E-state index contributed by atoms with van der Waals surface area (Å²) in [6.07, 6.45) is -3.39. The van der Waals surface area contributed by atoms with Gasteiger partial charge in [-0.3, -0.25) is 4.57 Å². The molecule has 104 valence electrons. The molecule has 1 aliphatic heterocycles. The average molecular weight is 294 g/mol. The second-order valence-electron chi connectivity index (χ2n) is 3.88. The molecule has 2 heterocycles. The number of anilines is 1. The fourth-order valence-electron chi connectivity index (χ4n) is 1.77. The molecule has 0 aliphatic carbocycles. The molecule has 0 bridgehead atoms. The van der Waals surface area contributed by atoms with E-state index in [0.717, 1.165) is 10.8 Å². The summed E-state index contributed by atoms with van der Waals surface area (Å²) in [5.41, 5.74) is 4.05. The fraction of sp³-hybridized carbons (Fsp3) is 0.400. The third kappa shape index (κ3) is 2.34. The first-order valence-electron chi connectivity index (χ1n) is 5.24. The standard InChI is InChI=1S/C10H10ClF2N3O3/c11-5-2-16(10(18)15-8(5)14)9-4(1-12)7(13)6(3-17)19-9/h1-2,6-7,9,17H,3H2,(H2,14,15,18). The summed E-state index contributed by atoms with van der Waals surface area (Å²) in [5, 5.41) is 8.87. The Morgan fingerprint density at radius 2 is 2.37 bits per heavy atom. The van der Waals surface area contributed by atoms with Gasteiger partial charge in [-0.2, -0.15) is 4.98 Å². The Morgan fingerprint density at radius 3 is 2.95 bits per heavy atom. The Balaban J connectivity index is 2.47. The lowest BCUT2D eigenvalue weighted by molar-refractivity contribution is -0.0322. The third-order valence-corrected chi connectivity index (χ3v) is 3.02. The van der Waals surface area contributed by atoms with Gasteiger partial charge in [-0.05, 0) is 0 Å². The quantitative estimate of drug-likeness (QED) is 0.831. The predicted octanol–water partition coefficient (Wildman–Crippen LogP) is 0.560. The topological polar surface area (TPSA) is 90.4 Å². The van der Waals surface area contributed by atoms with Gasteiger partial charge in [0, 0.05) is 11.8 Å². The van der Waals surface area contributed by atoms with Gasteiger partial charge in [0.1, 0.15) is 11.9 Å². The third-order valence-electron chi connectivity index (χ3n) is 2.73. The van der Waals surface area contributed by atoms with E-state index in [9.17, 15) is 13.6 Å². The number of halogens is 3. The van der Waals surface area contributed by atoms with Crippen molar-refractivity contribution in [3.63, 3.8) is 0 Å². The number of aliphatic hydroxyl groups excluding tert-OH is 1. The van der Waals surface area contributed by atoms with E-state index >= 15 is 0 Å². The van der Waals surface area contributed by atoms with Gasteiger partial charge < -0.3 is 15.6 Å². The minimum atomic E-state index is -1.86. The molecule has 0 amide bonds. The average Bonchev–Trinajstić information content (AvgIpc) is 2.70. The Hall–Kier alpha value is -1.51. The van der Waals surface area contributed by atoms with E-state index in [1.807, 2.05) is 0 Å². The summed E-state index contributed by atoms with van der Waals surface area (Å²) in [4.78, 5) is 15.0. The Labute approximate surface area is 111 Å². The molecule has 1 aromatic rings. The first-order chi connectivity index (χ1) is 8.99. The fourth-order valence-corrected chi connectivity index (χ4v) is 1.91. The Bertz CT molecular complexity index is 578. The van der Waals surface area contributed by atoms with Crippen LogP contribution in [0.3, 0.4) is 0 Å². The number of hydrogen-bond donors (Lipinski definition) is 2. The van der Waals surface area contributed by atoms with E-state index in [4.69, 9.17) is 27.2 Å². The minimum Gasteiger partial charge on any atom is -0.394 e. The number of ether oxygens (including phenoxy) is 1. The Morgan fingerprint density at radius 1 is 1.68 bits per heavy atom. The van der Waals surface area contributed by atoms with Gasteiger partial charge >= 0.3 is 5.69 Å². The first-order valence-corrected chi connectivity index (χ1v) is 5.62. The molecule has 2 rings (SSSR count). The van der Waals surface area contributed by atoms with Crippen molar-refractivity contribution < 1.29 is 18.6 Å². The highest BCUT2D eigenvalue weighted by atomic mass is 35.5. The van der Waals surface area contributed by atoms with Crippen LogP contribution in [0.5, 0.6) is 0 Å². The van der Waals surface area contributed by atoms with Crippen molar-refractivity contribution in [2.45, 2.75) is 18.5 Å². The highest BCUT2D eigenvalue weighted by Crippen LogP contribution is 2.35. The molecule has 1 aliphatic rings. The molecule has 0 saturated carbocycles. The summed E-state index contributed by atoms with van der Waals surface area (Å²) < 4.78 is 32.4. The smallest absolute Gasteiger partial charge is 0.351 e. The minimum absolute atomic E-state index is 0.00168. The van der Waals surface area contributed by atoms with Gasteiger partial charge in [-0.15, -0.1) is 0 Å². The number of rotatable bonds is 2. The van der Waals surface area contributed by atoms with Crippen LogP contribution in [0.4, 0.5) is 14.6 Å². The molecule has 9 heteroatoms. The van der Waals surface area contributed by atoms with Gasteiger partial charge in [-0.1, -0.05) is 11.6 Å². The number of aromatic nitrogens is 2. The number of hydrogen-bond acceptors (Lipinski definition) is 5. The second-order valence-corrected chi connectivity index (χ2v) is 4.29. The Kier molecular flexibility index (Phi) is 3.83. The SMILES string of the molecule is Nc1nc(=O)n(C2OC(CO)C(F)C2=CF)cc1Cl. The van der Waals surface area contributed by atoms with Crippen LogP contribution in [-0.4, -0.2) is 33.5 Å². The zero-order valence-corrected chi connectivity index (χ0v) is 10.2. The van der Waals surface area contributed by atoms with E-state index in [-0.39, 0.29) is 17.2 Å². The van der Waals surface area contributed by atoms with E-state index in [2.05, 4.69) is 4.98 Å². The van der Waals surface area contributed by atoms with Gasteiger partial charge in [-0.25, -0.2) is 13.6 Å². The number of aliphatic hydroxyl groups is 1. The molecular formula is C10H10ClF2N3O3. The molecule has 1 saturated heterocycles. The van der Waals surface area contributed by atoms with Crippen molar-refractivity contribution in [1.29, 1.82) is 0 Å². The molecular weight excluding hydrogens is 284 g/mol. The molecule has 0 spiro atoms. The molecule has 3 atom stereocenters. The summed E-state index contributed by atoms with van der Waals surface area (Å²) in [7, 11) is 0. The zero-order chi connectivity index (χ0) is 14.2. The molecule has 1 aromatic heterocycles. The molecule has 3 N–H and O–H groups in total. The van der Waals surface area contributed by atoms with Crippen LogP contribution in [0.1, 0.15) is 6.23 Å². The second kappa shape index (κ2) is 5.24. The van der Waals surface area contributed by atoms with Crippen LogP contribution in [-0.2, 0) is 4.74 Å². The number of nitrogens with zero attached hydrogens (tertiary/aromatic N) is 2. The number of nitrogen functional groups attached to an aromatic ring is 1. The molecule has 0 radical (unpaired) electrons. The van der Waals surface area contributed by atoms with Crippen LogP contribution in [0.15, 0.2) is 22.9 Å². The summed E-state index contributed by atoms with van der Waals surface area (Å²) in [6.45, 7) is -0.653. The van der Waals surface area contributed by atoms with Crippen molar-refractivity contribution in [1.82, 2.24) is 9.55 Å². The summed E-state index contributed by atoms with van der Waals surface area (Å²) in [6, 6.07) is 0. The molecule has 6 nitrogen and oxygen atoms in total. The first kappa shape index (κ1) is 13.9. The monoisotopic (exact) mass is 293 g/mol. The van der Waals surface area contributed by atoms with Gasteiger partial charge in [0.2, 0.25) is 0 Å². The number of alkyl halides is 1. The van der Waals surface area contributed by atoms with Crippen molar-refractivity contribution in [3.05, 3.63) is 33.6 Å². The van der Waals surface area contributed by atoms with E-state index in [1.165, 1.54) is 0 Å². The molecule has 19 heavy (non-hydrogen) atoms. The van der Waals surface area contributed by atoms with Crippen LogP contribution in [0.2, 0.25) is 5.02 Å². The lowest BCUT2D eigenvalue weighted by Crippen LogP contribution is -2.28. The van der Waals surface area contributed by atoms with Crippen LogP contribution >= 0.6 is 11.6 Å². The maximum absolute atomic E-state index is 13.7. The lowest BCUT2D eigenvalue weighted by Gasteiger charge is -2.15. The van der Waals surface area contributed by atoms with E-state index in [1.54, 1.807) is 0 Å². The van der Waals surface area contributed by atoms with E-state index in [0.29, 0.717) is 0 Å². The van der Waals surface area contributed by atoms with E-state index < -0.39 is 36.4 Å². The summed E-state index contributed by atoms with van der Waals surface area (Å²) >= 11 is 5.70. The highest BCUT2D eigenvalue weighted by Gasteiger charge is 2.41. The summed E-state index contributed by atoms with van der Waals surface area (Å²) in [5.74, 6) is -0.192. The molecule has 0 aromatic carbocycles. The maximum Gasteiger partial charge on any atom is 0.351 e. The van der Waals surface area contributed by atoms with Crippen molar-refractivity contribution in [2.75, 3.05) is 12.3 Å². The maximum atomic E-state index is 13.7. The highest BCUT2D eigenvalue weighted by molar-refractivity contribution is 6.32. The van der Waals surface area contributed by atoms with Gasteiger partial charge in [0.25, 0.3) is 0 Å². The zero-order valence-electron chi connectivity index (χ0n) is 9.46. The van der Waals surface area contributed by atoms with Crippen molar-refractivity contribution in [2.24, 2.45) is 0 Å². The number of nitrogens with two attached hydrogens (primary N) is 1.